The zero-order valence-electron chi connectivity index (χ0n) is 16.8. The number of amides is 2. The number of fused-ring (bicyclic) bond motifs is 1. The van der Waals surface area contributed by atoms with E-state index in [1.165, 1.54) is 15.9 Å². The van der Waals surface area contributed by atoms with E-state index in [-0.39, 0.29) is 29.1 Å². The number of likely N-dealkylation sites (N-methyl/N-ethyl adjacent to an activating group) is 2. The molecule has 0 bridgehead atoms. The second-order valence-corrected chi connectivity index (χ2v) is 7.61. The van der Waals surface area contributed by atoms with Crippen LogP contribution in [0.15, 0.2) is 54.7 Å². The van der Waals surface area contributed by atoms with Crippen LogP contribution in [0, 0.1) is 5.21 Å². The molecule has 0 spiro atoms. The molecule has 8 nitrogen and oxygen atoms in total. The third-order valence-corrected chi connectivity index (χ3v) is 5.86. The van der Waals surface area contributed by atoms with Gasteiger partial charge in [0.15, 0.2) is 0 Å². The van der Waals surface area contributed by atoms with E-state index in [1.54, 1.807) is 32.4 Å². The molecule has 4 rings (SSSR count). The summed E-state index contributed by atoms with van der Waals surface area (Å²) in [6.45, 7) is 0. The molecule has 156 valence electrons. The molecule has 0 radical (unpaired) electrons. The maximum absolute atomic E-state index is 13.2. The van der Waals surface area contributed by atoms with Crippen molar-refractivity contribution in [3.05, 3.63) is 71.1 Å². The van der Waals surface area contributed by atoms with Crippen molar-refractivity contribution in [2.45, 2.75) is 24.9 Å². The van der Waals surface area contributed by atoms with Crippen LogP contribution >= 0.6 is 0 Å². The van der Waals surface area contributed by atoms with Crippen LogP contribution in [-0.2, 0) is 22.4 Å². The number of nitrogens with zero attached hydrogens (tertiary/aromatic N) is 3. The standard InChI is InChI=1S/C22H23N4O4/c1-24-18(11-14-7-4-3-5-8-14)21(27)25(2)19(22(24)28)12-15-13-23-16-9-6-10-17(20(15)16)26(29)30/h3-10,13,18-19,23,29H,11-12H2,1-2H3/q-1/t18-,19-/m0/s1. The van der Waals surface area contributed by atoms with Gasteiger partial charge >= 0.3 is 0 Å². The van der Waals surface area contributed by atoms with Crippen LogP contribution in [-0.4, -0.2) is 58.0 Å². The Morgan fingerprint density at radius 3 is 2.23 bits per heavy atom. The van der Waals surface area contributed by atoms with Gasteiger partial charge in [0.2, 0.25) is 11.8 Å². The number of nitrogens with one attached hydrogen (secondary N) is 1. The van der Waals surface area contributed by atoms with Gasteiger partial charge in [-0.25, -0.2) is 0 Å². The van der Waals surface area contributed by atoms with E-state index in [1.807, 2.05) is 30.3 Å². The summed E-state index contributed by atoms with van der Waals surface area (Å²) < 4.78 is 0. The molecule has 0 saturated carbocycles. The van der Waals surface area contributed by atoms with Crippen molar-refractivity contribution in [1.82, 2.24) is 14.8 Å². The second kappa shape index (κ2) is 7.81. The van der Waals surface area contributed by atoms with Gasteiger partial charge in [-0.15, -0.1) is 0 Å². The molecule has 2 N–H and O–H groups in total. The van der Waals surface area contributed by atoms with Crippen molar-refractivity contribution >= 4 is 28.4 Å². The van der Waals surface area contributed by atoms with Gasteiger partial charge < -0.3 is 25.2 Å². The smallest absolute Gasteiger partial charge is 0.246 e. The summed E-state index contributed by atoms with van der Waals surface area (Å²) in [5.41, 5.74) is 2.44. The average molecular weight is 407 g/mol. The first-order valence-electron chi connectivity index (χ1n) is 9.71. The molecule has 1 aliphatic heterocycles. The zero-order valence-corrected chi connectivity index (χ0v) is 16.8. The molecule has 0 aliphatic carbocycles. The lowest BCUT2D eigenvalue weighted by molar-refractivity contribution is -0.158. The number of hydrogen-bond acceptors (Lipinski definition) is 5. The molecular weight excluding hydrogens is 384 g/mol. The molecule has 2 aromatic carbocycles. The molecule has 1 saturated heterocycles. The number of aromatic nitrogens is 1. The molecule has 1 aromatic heterocycles. The minimum Gasteiger partial charge on any atom is -0.733 e. The fourth-order valence-corrected chi connectivity index (χ4v) is 4.16. The summed E-state index contributed by atoms with van der Waals surface area (Å²) in [6.07, 6.45) is 2.39. The monoisotopic (exact) mass is 407 g/mol. The normalized spacial score (nSPS) is 19.6. The fraction of sp³-hybridized carbons (Fsp3) is 0.273. The summed E-state index contributed by atoms with van der Waals surface area (Å²) in [4.78, 5) is 32.3. The third kappa shape index (κ3) is 3.40. The highest BCUT2D eigenvalue weighted by Gasteiger charge is 2.42. The Labute approximate surface area is 173 Å². The van der Waals surface area contributed by atoms with Crippen LogP contribution in [0.1, 0.15) is 11.1 Å². The SMILES string of the molecule is CN1C(=O)[C@H](Cc2c[nH]c3cccc(N([O-])O)c23)N(C)C(=O)[C@@H]1Cc1ccccc1. The maximum atomic E-state index is 13.2. The zero-order chi connectivity index (χ0) is 21.4. The van der Waals surface area contributed by atoms with Gasteiger partial charge in [-0.1, -0.05) is 36.4 Å². The summed E-state index contributed by atoms with van der Waals surface area (Å²) in [5, 5.41) is 21.4. The summed E-state index contributed by atoms with van der Waals surface area (Å²) in [7, 11) is 3.29. The van der Waals surface area contributed by atoms with Crippen molar-refractivity contribution in [1.29, 1.82) is 0 Å². The van der Waals surface area contributed by atoms with Gasteiger partial charge in [-0.2, -0.15) is 0 Å². The van der Waals surface area contributed by atoms with E-state index in [0.717, 1.165) is 5.56 Å². The predicted molar refractivity (Wildman–Crippen MR) is 113 cm³/mol. The number of benzene rings is 2. The van der Waals surface area contributed by atoms with Gasteiger partial charge in [0.25, 0.3) is 0 Å². The highest BCUT2D eigenvalue weighted by Crippen LogP contribution is 2.31. The van der Waals surface area contributed by atoms with Gasteiger partial charge in [-0.05, 0) is 23.3 Å². The van der Waals surface area contributed by atoms with E-state index in [4.69, 9.17) is 0 Å². The molecule has 2 heterocycles. The largest absolute Gasteiger partial charge is 0.733 e. The molecular formula is C22H23N4O4-. The Kier molecular flexibility index (Phi) is 5.19. The molecule has 8 heteroatoms. The lowest BCUT2D eigenvalue weighted by Gasteiger charge is -2.42. The molecule has 30 heavy (non-hydrogen) atoms. The highest BCUT2D eigenvalue weighted by atomic mass is 16.8. The number of carbonyl (C=O) groups is 2. The Morgan fingerprint density at radius 2 is 1.60 bits per heavy atom. The Morgan fingerprint density at radius 1 is 0.967 bits per heavy atom. The average Bonchev–Trinajstić information content (AvgIpc) is 3.16. The lowest BCUT2D eigenvalue weighted by atomic mass is 9.95. The van der Waals surface area contributed by atoms with E-state index in [9.17, 15) is 20.0 Å². The molecule has 2 atom stereocenters. The maximum Gasteiger partial charge on any atom is 0.246 e. The van der Waals surface area contributed by atoms with Crippen molar-refractivity contribution < 1.29 is 14.8 Å². The van der Waals surface area contributed by atoms with Gasteiger partial charge in [0.05, 0.1) is 5.69 Å². The minimum atomic E-state index is -0.694. The van der Waals surface area contributed by atoms with E-state index in [2.05, 4.69) is 4.98 Å². The first kappa shape index (κ1) is 19.9. The fourth-order valence-electron chi connectivity index (χ4n) is 4.16. The van der Waals surface area contributed by atoms with E-state index >= 15 is 0 Å². The third-order valence-electron chi connectivity index (χ3n) is 5.86. The van der Waals surface area contributed by atoms with Crippen LogP contribution < -0.4 is 5.23 Å². The molecule has 0 unspecified atom stereocenters. The van der Waals surface area contributed by atoms with Crippen LogP contribution in [0.5, 0.6) is 0 Å². The molecule has 1 fully saturated rings. The number of rotatable bonds is 5. The quantitative estimate of drug-likeness (QED) is 0.632. The van der Waals surface area contributed by atoms with E-state index in [0.29, 0.717) is 22.9 Å². The van der Waals surface area contributed by atoms with Crippen LogP contribution in [0.25, 0.3) is 10.9 Å². The van der Waals surface area contributed by atoms with Crippen LogP contribution in [0.2, 0.25) is 0 Å². The second-order valence-electron chi connectivity index (χ2n) is 7.61. The van der Waals surface area contributed by atoms with Gasteiger partial charge in [-0.3, -0.25) is 14.8 Å². The van der Waals surface area contributed by atoms with Crippen LogP contribution in [0.4, 0.5) is 5.69 Å². The minimum absolute atomic E-state index is 0.0938. The predicted octanol–water partition coefficient (Wildman–Crippen LogP) is 2.31. The molecule has 3 aromatic rings. The van der Waals surface area contributed by atoms with E-state index < -0.39 is 12.1 Å². The summed E-state index contributed by atoms with van der Waals surface area (Å²) in [6, 6.07) is 13.3. The highest BCUT2D eigenvalue weighted by molar-refractivity contribution is 5.99. The Balaban J connectivity index is 1.62. The number of anilines is 1. The first-order valence-corrected chi connectivity index (χ1v) is 9.71. The van der Waals surface area contributed by atoms with Crippen molar-refractivity contribution in [3.8, 4) is 0 Å². The first-order chi connectivity index (χ1) is 14.4. The lowest BCUT2D eigenvalue weighted by Crippen LogP contribution is -2.63. The van der Waals surface area contributed by atoms with Crippen LogP contribution in [0.3, 0.4) is 0 Å². The van der Waals surface area contributed by atoms with Gasteiger partial charge in [0.1, 0.15) is 12.1 Å². The van der Waals surface area contributed by atoms with Crippen molar-refractivity contribution in [2.24, 2.45) is 0 Å². The summed E-state index contributed by atoms with van der Waals surface area (Å²) >= 11 is 0. The van der Waals surface area contributed by atoms with Crippen molar-refractivity contribution in [3.63, 3.8) is 0 Å². The number of piperazine rings is 1. The molecule has 2 amide bonds. The van der Waals surface area contributed by atoms with Gasteiger partial charge in [0, 0.05) is 44.0 Å². The Bertz CT molecular complexity index is 1080. The Hall–Kier alpha value is -3.36. The van der Waals surface area contributed by atoms with Crippen molar-refractivity contribution in [2.75, 3.05) is 19.3 Å². The number of hydrogen-bond donors (Lipinski definition) is 2. The number of H-pyrrole nitrogens is 1. The number of carbonyl (C=O) groups excluding carboxylic acids is 2. The molecule has 1 aliphatic rings. The number of aromatic amines is 1. The summed E-state index contributed by atoms with van der Waals surface area (Å²) in [5.74, 6) is -0.286. The topological polar surface area (TPSA) is 103 Å².